The molecule has 2 aromatic rings. The number of amides is 1. The molecule has 0 spiro atoms. The molecule has 7 heteroatoms. The minimum Gasteiger partial charge on any atom is -0.319 e. The molecule has 0 aliphatic heterocycles. The number of carbonyl (C=O) groups excluding carboxylic acids is 1. The highest BCUT2D eigenvalue weighted by atomic mass is 79.9. The van der Waals surface area contributed by atoms with Gasteiger partial charge in [-0.25, -0.2) is 13.2 Å². The van der Waals surface area contributed by atoms with Crippen molar-refractivity contribution in [2.45, 2.75) is 0 Å². The third kappa shape index (κ3) is 3.04. The Labute approximate surface area is 129 Å². The van der Waals surface area contributed by atoms with Gasteiger partial charge < -0.3 is 5.32 Å². The molecule has 0 unspecified atom stereocenters. The van der Waals surface area contributed by atoms with Crippen molar-refractivity contribution in [3.63, 3.8) is 0 Å². The Balaban J connectivity index is 2.35. The van der Waals surface area contributed by atoms with Gasteiger partial charge in [-0.15, -0.1) is 0 Å². The molecule has 2 aromatic carbocycles. The number of hydrogen-bond acceptors (Lipinski definition) is 1. The van der Waals surface area contributed by atoms with Gasteiger partial charge in [0.05, 0.1) is 15.7 Å². The summed E-state index contributed by atoms with van der Waals surface area (Å²) in [5, 5.41) is 2.20. The molecule has 0 aliphatic carbocycles. The van der Waals surface area contributed by atoms with E-state index in [0.717, 1.165) is 12.1 Å². The lowest BCUT2D eigenvalue weighted by atomic mass is 10.2. The van der Waals surface area contributed by atoms with Crippen LogP contribution in [0.4, 0.5) is 18.9 Å². The summed E-state index contributed by atoms with van der Waals surface area (Å²) < 4.78 is 40.4. The summed E-state index contributed by atoms with van der Waals surface area (Å²) in [4.78, 5) is 11.9. The van der Waals surface area contributed by atoms with E-state index in [1.807, 2.05) is 0 Å². The lowest BCUT2D eigenvalue weighted by Gasteiger charge is -2.09. The number of rotatable bonds is 2. The highest BCUT2D eigenvalue weighted by Crippen LogP contribution is 2.26. The van der Waals surface area contributed by atoms with Gasteiger partial charge in [0.15, 0.2) is 0 Å². The van der Waals surface area contributed by atoms with Gasteiger partial charge in [0, 0.05) is 10.5 Å². The van der Waals surface area contributed by atoms with Crippen LogP contribution in [0.3, 0.4) is 0 Å². The summed E-state index contributed by atoms with van der Waals surface area (Å²) in [5.41, 5.74) is -0.509. The molecule has 0 saturated carbocycles. The van der Waals surface area contributed by atoms with Crippen LogP contribution in [0.15, 0.2) is 39.3 Å². The van der Waals surface area contributed by atoms with E-state index < -0.39 is 23.4 Å². The van der Waals surface area contributed by atoms with Crippen molar-refractivity contribution < 1.29 is 18.0 Å². The summed E-state index contributed by atoms with van der Waals surface area (Å²) in [7, 11) is 0. The van der Waals surface area contributed by atoms with Crippen LogP contribution >= 0.6 is 31.9 Å². The van der Waals surface area contributed by atoms with Crippen molar-refractivity contribution in [3.8, 4) is 0 Å². The van der Waals surface area contributed by atoms with Gasteiger partial charge in [0.25, 0.3) is 5.91 Å². The number of anilines is 1. The molecule has 0 bridgehead atoms. The summed E-state index contributed by atoms with van der Waals surface area (Å²) in [6, 6.07) is 5.70. The summed E-state index contributed by atoms with van der Waals surface area (Å²) >= 11 is 5.92. The summed E-state index contributed by atoms with van der Waals surface area (Å²) in [6.07, 6.45) is 0. The fourth-order valence-corrected chi connectivity index (χ4v) is 2.38. The van der Waals surface area contributed by atoms with E-state index in [0.29, 0.717) is 6.07 Å². The van der Waals surface area contributed by atoms with Gasteiger partial charge in [-0.2, -0.15) is 0 Å². The molecular formula is C13H6Br2F3NO. The maximum absolute atomic E-state index is 13.6. The molecular weight excluding hydrogens is 403 g/mol. The quantitative estimate of drug-likeness (QED) is 0.705. The largest absolute Gasteiger partial charge is 0.319 e. The average molecular weight is 409 g/mol. The second-order valence-electron chi connectivity index (χ2n) is 3.80. The fourth-order valence-electron chi connectivity index (χ4n) is 1.52. The topological polar surface area (TPSA) is 29.1 Å². The third-order valence-corrected chi connectivity index (χ3v) is 3.72. The molecule has 0 heterocycles. The molecule has 20 heavy (non-hydrogen) atoms. The first-order chi connectivity index (χ1) is 9.40. The minimum absolute atomic E-state index is 0.0122. The lowest BCUT2D eigenvalue weighted by Crippen LogP contribution is -2.15. The predicted octanol–water partition coefficient (Wildman–Crippen LogP) is 4.88. The molecule has 0 aromatic heterocycles. The van der Waals surface area contributed by atoms with E-state index in [1.54, 1.807) is 0 Å². The Bertz CT molecular complexity index is 671. The Kier molecular flexibility index (Phi) is 4.49. The van der Waals surface area contributed by atoms with E-state index in [2.05, 4.69) is 37.2 Å². The van der Waals surface area contributed by atoms with Crippen molar-refractivity contribution in [1.29, 1.82) is 0 Å². The highest BCUT2D eigenvalue weighted by Gasteiger charge is 2.18. The van der Waals surface area contributed by atoms with Gasteiger partial charge in [0.1, 0.15) is 17.5 Å². The van der Waals surface area contributed by atoms with Gasteiger partial charge in [0.2, 0.25) is 0 Å². The second-order valence-corrected chi connectivity index (χ2v) is 5.51. The molecule has 0 fully saturated rings. The maximum Gasteiger partial charge on any atom is 0.259 e. The second kappa shape index (κ2) is 5.97. The minimum atomic E-state index is -0.952. The zero-order chi connectivity index (χ0) is 14.9. The molecule has 1 N–H and O–H groups in total. The van der Waals surface area contributed by atoms with E-state index in [-0.39, 0.29) is 20.2 Å². The molecule has 0 radical (unpaired) electrons. The monoisotopic (exact) mass is 407 g/mol. The number of nitrogens with one attached hydrogen (secondary N) is 1. The summed E-state index contributed by atoms with van der Waals surface area (Å²) in [6.45, 7) is 0. The van der Waals surface area contributed by atoms with Crippen LogP contribution in [0, 0.1) is 17.5 Å². The highest BCUT2D eigenvalue weighted by molar-refractivity contribution is 9.10. The SMILES string of the molecule is O=C(Nc1cc(Br)c(F)cc1F)c1c(F)cccc1Br. The van der Waals surface area contributed by atoms with Crippen molar-refractivity contribution in [3.05, 3.63) is 62.3 Å². The van der Waals surface area contributed by atoms with Crippen LogP contribution in [-0.4, -0.2) is 5.91 Å². The smallest absolute Gasteiger partial charge is 0.259 e. The molecule has 1 amide bonds. The average Bonchev–Trinajstić information content (AvgIpc) is 2.35. The Morgan fingerprint density at radius 2 is 1.65 bits per heavy atom. The van der Waals surface area contributed by atoms with Crippen LogP contribution in [0.2, 0.25) is 0 Å². The van der Waals surface area contributed by atoms with Gasteiger partial charge >= 0.3 is 0 Å². The first kappa shape index (κ1) is 15.1. The first-order valence-electron chi connectivity index (χ1n) is 5.30. The number of carbonyl (C=O) groups is 1. The van der Waals surface area contributed by atoms with Crippen LogP contribution in [-0.2, 0) is 0 Å². The predicted molar refractivity (Wildman–Crippen MR) is 76.1 cm³/mol. The molecule has 104 valence electrons. The van der Waals surface area contributed by atoms with E-state index in [1.165, 1.54) is 12.1 Å². The van der Waals surface area contributed by atoms with E-state index >= 15 is 0 Å². The molecule has 2 nitrogen and oxygen atoms in total. The molecule has 0 saturated heterocycles. The van der Waals surface area contributed by atoms with Crippen LogP contribution < -0.4 is 5.32 Å². The zero-order valence-corrected chi connectivity index (χ0v) is 12.9. The lowest BCUT2D eigenvalue weighted by molar-refractivity contribution is 0.102. The first-order valence-corrected chi connectivity index (χ1v) is 6.88. The van der Waals surface area contributed by atoms with E-state index in [4.69, 9.17) is 0 Å². The van der Waals surface area contributed by atoms with E-state index in [9.17, 15) is 18.0 Å². The van der Waals surface area contributed by atoms with Crippen molar-refractivity contribution in [1.82, 2.24) is 0 Å². The van der Waals surface area contributed by atoms with Gasteiger partial charge in [-0.3, -0.25) is 4.79 Å². The Hall–Kier alpha value is -1.34. The number of halogens is 5. The normalized spacial score (nSPS) is 10.4. The van der Waals surface area contributed by atoms with Crippen molar-refractivity contribution >= 4 is 43.5 Å². The zero-order valence-electron chi connectivity index (χ0n) is 9.68. The Morgan fingerprint density at radius 1 is 0.950 bits per heavy atom. The standard InChI is InChI=1S/C13H6Br2F3NO/c14-6-2-1-3-8(16)12(6)13(20)19-11-4-7(15)9(17)5-10(11)18/h1-5H,(H,19,20). The molecule has 2 rings (SSSR count). The summed E-state index contributed by atoms with van der Waals surface area (Å²) in [5.74, 6) is -3.34. The molecule has 0 atom stereocenters. The van der Waals surface area contributed by atoms with Gasteiger partial charge in [-0.05, 0) is 50.1 Å². The fraction of sp³-hybridized carbons (Fsp3) is 0. The third-order valence-electron chi connectivity index (χ3n) is 2.45. The van der Waals surface area contributed by atoms with Crippen LogP contribution in [0.25, 0.3) is 0 Å². The van der Waals surface area contributed by atoms with Crippen molar-refractivity contribution in [2.24, 2.45) is 0 Å². The van der Waals surface area contributed by atoms with Crippen molar-refractivity contribution in [2.75, 3.05) is 5.32 Å². The number of benzene rings is 2. The van der Waals surface area contributed by atoms with Gasteiger partial charge in [-0.1, -0.05) is 6.07 Å². The number of hydrogen-bond donors (Lipinski definition) is 1. The van der Waals surface area contributed by atoms with Crippen LogP contribution in [0.1, 0.15) is 10.4 Å². The maximum atomic E-state index is 13.6. The Morgan fingerprint density at radius 3 is 2.30 bits per heavy atom. The molecule has 0 aliphatic rings. The van der Waals surface area contributed by atoms with Crippen LogP contribution in [0.5, 0.6) is 0 Å².